The summed E-state index contributed by atoms with van der Waals surface area (Å²) in [6, 6.07) is 22.1. The number of para-hydroxylation sites is 1. The number of ether oxygens (including phenoxy) is 1. The molecule has 1 atom stereocenters. The number of nitrogens with one attached hydrogen (secondary N) is 3. The number of nitrogens with two attached hydrogens (primary N) is 1. The molecule has 14 nitrogen and oxygen atoms in total. The van der Waals surface area contributed by atoms with Gasteiger partial charge < -0.3 is 25.6 Å². The maximum Gasteiger partial charge on any atom is 0.262 e. The van der Waals surface area contributed by atoms with Gasteiger partial charge in [0.2, 0.25) is 11.8 Å². The molecule has 0 bridgehead atoms. The van der Waals surface area contributed by atoms with Gasteiger partial charge in [-0.2, -0.15) is 0 Å². The van der Waals surface area contributed by atoms with Crippen molar-refractivity contribution < 1.29 is 23.9 Å². The Morgan fingerprint density at radius 2 is 1.54 bits per heavy atom. The van der Waals surface area contributed by atoms with Gasteiger partial charge in [-0.1, -0.05) is 18.2 Å². The minimum atomic E-state index is -0.968. The summed E-state index contributed by atoms with van der Waals surface area (Å²) >= 11 is 0. The van der Waals surface area contributed by atoms with Gasteiger partial charge in [0.05, 0.1) is 22.4 Å². The third-order valence-electron chi connectivity index (χ3n) is 12.6. The number of benzene rings is 3. The highest BCUT2D eigenvalue weighted by Crippen LogP contribution is 2.52. The molecule has 1 saturated carbocycles. The van der Waals surface area contributed by atoms with Crippen molar-refractivity contribution in [2.75, 3.05) is 42.1 Å². The lowest BCUT2D eigenvalue weighted by atomic mass is 9.59. The third kappa shape index (κ3) is 6.98. The van der Waals surface area contributed by atoms with Crippen LogP contribution in [-0.4, -0.2) is 93.4 Å². The van der Waals surface area contributed by atoms with Crippen LogP contribution in [0.2, 0.25) is 0 Å². The monoisotopic (exact) mass is 767 g/mol. The van der Waals surface area contributed by atoms with Crippen LogP contribution in [0.4, 0.5) is 17.3 Å². The van der Waals surface area contributed by atoms with Crippen molar-refractivity contribution in [3.05, 3.63) is 101 Å². The number of carbonyl (C=O) groups excluding carboxylic acids is 4. The van der Waals surface area contributed by atoms with Crippen molar-refractivity contribution in [3.8, 4) is 11.5 Å². The first-order valence-corrected chi connectivity index (χ1v) is 19.8. The molecule has 4 aromatic rings. The Morgan fingerprint density at radius 1 is 0.842 bits per heavy atom. The average molecular weight is 768 g/mol. The maximum atomic E-state index is 13.4. The fourth-order valence-electron chi connectivity index (χ4n) is 9.32. The van der Waals surface area contributed by atoms with Crippen LogP contribution < -0.4 is 26.0 Å². The molecule has 3 saturated heterocycles. The molecule has 292 valence electrons. The van der Waals surface area contributed by atoms with E-state index in [1.165, 1.54) is 19.2 Å². The molecule has 5 aliphatic rings. The number of likely N-dealkylation sites (tertiary alicyclic amines) is 1. The van der Waals surface area contributed by atoms with Crippen molar-refractivity contribution in [1.29, 1.82) is 5.41 Å². The Morgan fingerprint density at radius 3 is 2.26 bits per heavy atom. The van der Waals surface area contributed by atoms with Gasteiger partial charge in [-0.05, 0) is 105 Å². The molecular weight excluding hydrogens is 723 g/mol. The number of nitrogens with zero attached hydrogens (tertiary/aromatic N) is 5. The fourth-order valence-corrected chi connectivity index (χ4v) is 9.32. The number of amides is 4. The zero-order valence-electron chi connectivity index (χ0n) is 31.6. The second-order valence-electron chi connectivity index (χ2n) is 16.0. The Labute approximate surface area is 330 Å². The van der Waals surface area contributed by atoms with Crippen LogP contribution in [-0.2, 0) is 9.59 Å². The number of rotatable bonds is 9. The zero-order chi connectivity index (χ0) is 39.3. The van der Waals surface area contributed by atoms with E-state index < -0.39 is 23.8 Å². The second-order valence-corrected chi connectivity index (χ2v) is 16.0. The standard InChI is InChI=1S/C43H45N9O5/c44-37(26-6-9-31(10-7-26)57-30-4-2-1-3-5-30)36-38(45)46-25-47-39(36)48-27-14-18-50(19-15-27)29-23-43(24-29)16-20-51(21-17-43)28-8-11-32-33(22-28)42(56)52(41(32)55)34-12-13-35(53)49-40(34)54/h1-11,22,25,27,29,34,44H,12-21,23-24H2,(H,49,53,54)(H3,45,46,47,48). The van der Waals surface area contributed by atoms with Gasteiger partial charge in [-0.3, -0.25) is 34.8 Å². The van der Waals surface area contributed by atoms with Crippen LogP contribution >= 0.6 is 0 Å². The number of hydrogen-bond donors (Lipinski definition) is 4. The summed E-state index contributed by atoms with van der Waals surface area (Å²) in [4.78, 5) is 65.3. The number of carbonyl (C=O) groups is 4. The van der Waals surface area contributed by atoms with Gasteiger partial charge >= 0.3 is 0 Å². The van der Waals surface area contributed by atoms with E-state index in [0.29, 0.717) is 45.3 Å². The average Bonchev–Trinajstić information content (AvgIpc) is 3.46. The van der Waals surface area contributed by atoms with E-state index in [2.05, 4.69) is 30.4 Å². The highest BCUT2D eigenvalue weighted by molar-refractivity contribution is 6.23. The predicted octanol–water partition coefficient (Wildman–Crippen LogP) is 4.99. The number of aromatic nitrogens is 2. The molecule has 1 spiro atoms. The number of imide groups is 2. The Hall–Kier alpha value is -6.15. The summed E-state index contributed by atoms with van der Waals surface area (Å²) in [5, 5.41) is 14.9. The van der Waals surface area contributed by atoms with E-state index in [1.807, 2.05) is 60.7 Å². The van der Waals surface area contributed by atoms with E-state index in [4.69, 9.17) is 15.9 Å². The fraction of sp³-hybridized carbons (Fsp3) is 0.372. The van der Waals surface area contributed by atoms with E-state index in [9.17, 15) is 19.2 Å². The molecule has 1 unspecified atom stereocenters. The summed E-state index contributed by atoms with van der Waals surface area (Å²) in [7, 11) is 0. The number of fused-ring (bicyclic) bond motifs is 1. The molecule has 4 aliphatic heterocycles. The third-order valence-corrected chi connectivity index (χ3v) is 12.6. The Bertz CT molecular complexity index is 2240. The maximum absolute atomic E-state index is 13.4. The molecule has 9 rings (SSSR count). The molecule has 0 radical (unpaired) electrons. The number of nitrogen functional groups attached to an aromatic ring is 1. The van der Waals surface area contributed by atoms with E-state index in [0.717, 1.165) is 68.2 Å². The summed E-state index contributed by atoms with van der Waals surface area (Å²) in [6.45, 7) is 3.72. The molecular formula is C43H45N9O5. The first-order chi connectivity index (χ1) is 27.6. The van der Waals surface area contributed by atoms with E-state index in [-0.39, 0.29) is 36.3 Å². The van der Waals surface area contributed by atoms with Crippen LogP contribution in [0.1, 0.15) is 83.2 Å². The topological polar surface area (TPSA) is 187 Å². The second kappa shape index (κ2) is 14.7. The summed E-state index contributed by atoms with van der Waals surface area (Å²) < 4.78 is 5.93. The zero-order valence-corrected chi connectivity index (χ0v) is 31.6. The largest absolute Gasteiger partial charge is 0.457 e. The van der Waals surface area contributed by atoms with Gasteiger partial charge in [-0.15, -0.1) is 0 Å². The van der Waals surface area contributed by atoms with Crippen molar-refractivity contribution in [3.63, 3.8) is 0 Å². The molecule has 5 N–H and O–H groups in total. The minimum Gasteiger partial charge on any atom is -0.457 e. The minimum absolute atomic E-state index is 0.0962. The highest BCUT2D eigenvalue weighted by Gasteiger charge is 2.49. The van der Waals surface area contributed by atoms with Crippen molar-refractivity contribution in [2.45, 2.75) is 69.5 Å². The smallest absolute Gasteiger partial charge is 0.262 e. The van der Waals surface area contributed by atoms with Crippen LogP contribution in [0.25, 0.3) is 0 Å². The van der Waals surface area contributed by atoms with Crippen molar-refractivity contribution in [1.82, 2.24) is 25.1 Å². The number of hydrogen-bond acceptors (Lipinski definition) is 12. The number of anilines is 3. The first-order valence-electron chi connectivity index (χ1n) is 19.8. The van der Waals surface area contributed by atoms with E-state index in [1.54, 1.807) is 12.1 Å². The van der Waals surface area contributed by atoms with Gasteiger partial charge in [0.25, 0.3) is 11.8 Å². The van der Waals surface area contributed by atoms with Crippen LogP contribution in [0.15, 0.2) is 79.1 Å². The lowest BCUT2D eigenvalue weighted by molar-refractivity contribution is -0.136. The van der Waals surface area contributed by atoms with Crippen molar-refractivity contribution >= 4 is 46.7 Å². The highest BCUT2D eigenvalue weighted by atomic mass is 16.5. The van der Waals surface area contributed by atoms with E-state index >= 15 is 0 Å². The molecule has 1 aliphatic carbocycles. The molecule has 4 amide bonds. The SMILES string of the molecule is N=C(c1ccc(Oc2ccccc2)cc1)c1c(N)ncnc1NC1CCN(C2CC3(CCN(c4ccc5c(c4)C(=O)N(C4CCC(=O)NC4=O)C5=O)CC3)C2)CC1. The lowest BCUT2D eigenvalue weighted by Gasteiger charge is -2.56. The lowest BCUT2D eigenvalue weighted by Crippen LogP contribution is -2.57. The summed E-state index contributed by atoms with van der Waals surface area (Å²) in [5.74, 6) is 0.325. The summed E-state index contributed by atoms with van der Waals surface area (Å²) in [6.07, 6.45) is 8.09. The molecule has 3 aromatic carbocycles. The quantitative estimate of drug-likeness (QED) is 0.133. The normalized spacial score (nSPS) is 21.3. The summed E-state index contributed by atoms with van der Waals surface area (Å²) in [5.41, 5.74) is 9.65. The van der Waals surface area contributed by atoms with Gasteiger partial charge in [0.1, 0.15) is 35.5 Å². The number of piperidine rings is 3. The Kier molecular flexibility index (Phi) is 9.43. The van der Waals surface area contributed by atoms with Crippen LogP contribution in [0, 0.1) is 10.8 Å². The molecule has 57 heavy (non-hydrogen) atoms. The molecule has 1 aromatic heterocycles. The predicted molar refractivity (Wildman–Crippen MR) is 214 cm³/mol. The van der Waals surface area contributed by atoms with Crippen LogP contribution in [0.5, 0.6) is 11.5 Å². The first kappa shape index (κ1) is 36.5. The van der Waals surface area contributed by atoms with Gasteiger partial charge in [-0.25, -0.2) is 9.97 Å². The molecule has 4 fully saturated rings. The van der Waals surface area contributed by atoms with Crippen molar-refractivity contribution in [2.24, 2.45) is 5.41 Å². The van der Waals surface area contributed by atoms with Gasteiger partial charge in [0.15, 0.2) is 0 Å². The molecule has 5 heterocycles. The van der Waals surface area contributed by atoms with Crippen LogP contribution in [0.3, 0.4) is 0 Å². The Balaban J connectivity index is 0.761. The molecule has 14 heteroatoms. The van der Waals surface area contributed by atoms with Gasteiger partial charge in [0, 0.05) is 55.9 Å².